The maximum atomic E-state index is 12.5. The Morgan fingerprint density at radius 2 is 2.21 bits per heavy atom. The van der Waals surface area contributed by atoms with Gasteiger partial charge in [-0.1, -0.05) is 6.07 Å². The van der Waals surface area contributed by atoms with Crippen molar-refractivity contribution in [2.45, 2.75) is 26.3 Å². The van der Waals surface area contributed by atoms with E-state index in [-0.39, 0.29) is 18.3 Å². The molecule has 19 heavy (non-hydrogen) atoms. The first-order valence-corrected chi connectivity index (χ1v) is 7.38. The number of aryl methyl sites for hydroxylation is 1. The molecule has 106 valence electrons. The molecule has 3 nitrogen and oxygen atoms in total. The summed E-state index contributed by atoms with van der Waals surface area (Å²) >= 11 is 2.27. The zero-order chi connectivity index (χ0) is 13.3. The number of carbonyl (C=O) groups is 1. The van der Waals surface area contributed by atoms with Crippen molar-refractivity contribution < 1.29 is 4.79 Å². The molecular weight excluding hydrogens is 375 g/mol. The first kappa shape index (κ1) is 16.7. The van der Waals surface area contributed by atoms with Gasteiger partial charge in [-0.3, -0.25) is 4.79 Å². The summed E-state index contributed by atoms with van der Waals surface area (Å²) < 4.78 is 1.14. The van der Waals surface area contributed by atoms with Gasteiger partial charge in [0.15, 0.2) is 0 Å². The molecule has 1 aromatic rings. The minimum atomic E-state index is 0. The number of amides is 1. The van der Waals surface area contributed by atoms with E-state index in [4.69, 9.17) is 5.73 Å². The van der Waals surface area contributed by atoms with Crippen molar-refractivity contribution in [2.75, 3.05) is 13.1 Å². The second-order valence-corrected chi connectivity index (χ2v) is 6.27. The first-order chi connectivity index (χ1) is 8.52. The highest BCUT2D eigenvalue weighted by molar-refractivity contribution is 14.1. The number of halogens is 2. The number of hydrogen-bond acceptors (Lipinski definition) is 2. The van der Waals surface area contributed by atoms with E-state index in [1.807, 2.05) is 23.1 Å². The van der Waals surface area contributed by atoms with Crippen LogP contribution < -0.4 is 5.73 Å². The Morgan fingerprint density at radius 3 is 2.74 bits per heavy atom. The van der Waals surface area contributed by atoms with Crippen LogP contribution in [0.2, 0.25) is 0 Å². The van der Waals surface area contributed by atoms with Crippen molar-refractivity contribution in [3.05, 3.63) is 32.9 Å². The highest BCUT2D eigenvalue weighted by Gasteiger charge is 2.32. The molecule has 1 aromatic carbocycles. The minimum absolute atomic E-state index is 0. The lowest BCUT2D eigenvalue weighted by Gasteiger charge is -2.21. The van der Waals surface area contributed by atoms with Crippen LogP contribution in [-0.2, 0) is 0 Å². The molecule has 2 N–H and O–H groups in total. The topological polar surface area (TPSA) is 46.3 Å². The van der Waals surface area contributed by atoms with Gasteiger partial charge in [0.25, 0.3) is 5.91 Å². The normalized spacial score (nSPS) is 22.2. The summed E-state index contributed by atoms with van der Waals surface area (Å²) in [4.78, 5) is 14.4. The van der Waals surface area contributed by atoms with Gasteiger partial charge in [0, 0.05) is 21.7 Å². The summed E-state index contributed by atoms with van der Waals surface area (Å²) in [6.07, 6.45) is 1.02. The van der Waals surface area contributed by atoms with Crippen LogP contribution in [0.3, 0.4) is 0 Å². The van der Waals surface area contributed by atoms with E-state index in [9.17, 15) is 4.79 Å². The molecule has 1 saturated heterocycles. The number of hydrogen-bond donors (Lipinski definition) is 1. The first-order valence-electron chi connectivity index (χ1n) is 6.30. The fourth-order valence-corrected chi connectivity index (χ4v) is 3.00. The highest BCUT2D eigenvalue weighted by atomic mass is 127. The summed E-state index contributed by atoms with van der Waals surface area (Å²) in [5.74, 6) is 0.588. The number of likely N-dealkylation sites (tertiary alicyclic amines) is 1. The molecule has 1 aliphatic rings. The molecule has 1 aliphatic heterocycles. The van der Waals surface area contributed by atoms with Gasteiger partial charge in [-0.25, -0.2) is 0 Å². The number of nitrogens with two attached hydrogens (primary N) is 1. The van der Waals surface area contributed by atoms with Crippen LogP contribution in [0, 0.1) is 16.4 Å². The summed E-state index contributed by atoms with van der Waals surface area (Å²) in [5, 5.41) is 0. The van der Waals surface area contributed by atoms with Crippen molar-refractivity contribution in [1.29, 1.82) is 0 Å². The van der Waals surface area contributed by atoms with E-state index < -0.39 is 0 Å². The molecule has 0 aliphatic carbocycles. The van der Waals surface area contributed by atoms with E-state index in [1.165, 1.54) is 5.56 Å². The SMILES string of the molecule is Cc1ccc(C(=O)N2CC(CN)CC2C)cc1I.Cl. The lowest BCUT2D eigenvalue weighted by Crippen LogP contribution is -2.34. The van der Waals surface area contributed by atoms with Crippen molar-refractivity contribution in [2.24, 2.45) is 11.7 Å². The van der Waals surface area contributed by atoms with Gasteiger partial charge in [-0.2, -0.15) is 0 Å². The van der Waals surface area contributed by atoms with Crippen LogP contribution in [0.4, 0.5) is 0 Å². The van der Waals surface area contributed by atoms with Gasteiger partial charge in [0.2, 0.25) is 0 Å². The smallest absolute Gasteiger partial charge is 0.254 e. The molecule has 0 saturated carbocycles. The van der Waals surface area contributed by atoms with E-state index in [0.29, 0.717) is 18.5 Å². The van der Waals surface area contributed by atoms with E-state index in [0.717, 1.165) is 22.1 Å². The predicted octanol–water partition coefficient (Wildman–Crippen LogP) is 2.83. The van der Waals surface area contributed by atoms with Crippen LogP contribution in [0.5, 0.6) is 0 Å². The zero-order valence-corrected chi connectivity index (χ0v) is 14.2. The Balaban J connectivity index is 0.00000180. The van der Waals surface area contributed by atoms with Crippen LogP contribution in [-0.4, -0.2) is 29.9 Å². The third-order valence-corrected chi connectivity index (χ3v) is 4.84. The minimum Gasteiger partial charge on any atom is -0.336 e. The molecule has 2 atom stereocenters. The molecular formula is C14H20ClIN2O. The summed E-state index contributed by atoms with van der Waals surface area (Å²) in [6.45, 7) is 5.62. The standard InChI is InChI=1S/C14H19IN2O.ClH/c1-9-3-4-12(6-13(9)15)14(18)17-8-11(7-16)5-10(17)2;/h3-4,6,10-11H,5,7-8,16H2,1-2H3;1H. The van der Waals surface area contributed by atoms with Gasteiger partial charge in [-0.05, 0) is 73.0 Å². The Kier molecular flexibility index (Phi) is 6.08. The molecule has 5 heteroatoms. The Labute approximate surface area is 134 Å². The van der Waals surface area contributed by atoms with Crippen molar-refractivity contribution in [3.63, 3.8) is 0 Å². The third-order valence-electron chi connectivity index (χ3n) is 3.67. The molecule has 0 spiro atoms. The maximum Gasteiger partial charge on any atom is 0.254 e. The summed E-state index contributed by atoms with van der Waals surface area (Å²) in [7, 11) is 0. The van der Waals surface area contributed by atoms with Crippen molar-refractivity contribution in [1.82, 2.24) is 4.90 Å². The molecule has 1 amide bonds. The second kappa shape index (κ2) is 6.90. The van der Waals surface area contributed by atoms with E-state index >= 15 is 0 Å². The molecule has 1 fully saturated rings. The molecule has 2 rings (SSSR count). The zero-order valence-electron chi connectivity index (χ0n) is 11.2. The summed E-state index contributed by atoms with van der Waals surface area (Å²) in [6, 6.07) is 6.20. The quantitative estimate of drug-likeness (QED) is 0.784. The third kappa shape index (κ3) is 3.61. The van der Waals surface area contributed by atoms with Crippen LogP contribution in [0.15, 0.2) is 18.2 Å². The van der Waals surface area contributed by atoms with Gasteiger partial charge in [0.05, 0.1) is 0 Å². The highest BCUT2D eigenvalue weighted by Crippen LogP contribution is 2.25. The van der Waals surface area contributed by atoms with E-state index in [1.54, 1.807) is 0 Å². The van der Waals surface area contributed by atoms with Gasteiger partial charge < -0.3 is 10.6 Å². The Morgan fingerprint density at radius 1 is 1.53 bits per heavy atom. The van der Waals surface area contributed by atoms with Crippen LogP contribution in [0.25, 0.3) is 0 Å². The molecule has 0 bridgehead atoms. The van der Waals surface area contributed by atoms with Crippen molar-refractivity contribution in [3.8, 4) is 0 Å². The number of benzene rings is 1. The fourth-order valence-electron chi connectivity index (χ4n) is 2.49. The molecule has 0 radical (unpaired) electrons. The second-order valence-electron chi connectivity index (χ2n) is 5.11. The molecule has 0 aromatic heterocycles. The van der Waals surface area contributed by atoms with Crippen LogP contribution >= 0.6 is 35.0 Å². The summed E-state index contributed by atoms with van der Waals surface area (Å²) in [5.41, 5.74) is 7.70. The predicted molar refractivity (Wildman–Crippen MR) is 88.8 cm³/mol. The Bertz CT molecular complexity index is 467. The monoisotopic (exact) mass is 394 g/mol. The average molecular weight is 395 g/mol. The average Bonchev–Trinajstić information content (AvgIpc) is 2.73. The number of rotatable bonds is 2. The molecule has 1 heterocycles. The Hall–Kier alpha value is -0.330. The van der Waals surface area contributed by atoms with Gasteiger partial charge in [0.1, 0.15) is 0 Å². The van der Waals surface area contributed by atoms with Crippen molar-refractivity contribution >= 4 is 40.9 Å². The van der Waals surface area contributed by atoms with Gasteiger partial charge in [-0.15, -0.1) is 12.4 Å². The lowest BCUT2D eigenvalue weighted by atomic mass is 10.1. The van der Waals surface area contributed by atoms with Crippen LogP contribution in [0.1, 0.15) is 29.3 Å². The number of carbonyl (C=O) groups excluding carboxylic acids is 1. The maximum absolute atomic E-state index is 12.5. The van der Waals surface area contributed by atoms with E-state index in [2.05, 4.69) is 36.4 Å². The number of nitrogens with zero attached hydrogens (tertiary/aromatic N) is 1. The van der Waals surface area contributed by atoms with Gasteiger partial charge >= 0.3 is 0 Å². The fraction of sp³-hybridized carbons (Fsp3) is 0.500. The largest absolute Gasteiger partial charge is 0.336 e. The molecule has 2 unspecified atom stereocenters. The lowest BCUT2D eigenvalue weighted by molar-refractivity contribution is 0.0743.